The van der Waals surface area contributed by atoms with Crippen LogP contribution in [0.4, 0.5) is 0 Å². The molecule has 0 spiro atoms. The molecule has 0 N–H and O–H groups in total. The maximum absolute atomic E-state index is 4.32. The fourth-order valence-corrected chi connectivity index (χ4v) is 2.09. The number of benzene rings is 1. The molecule has 3 rings (SSSR count). The number of rotatable bonds is 1. The van der Waals surface area contributed by atoms with E-state index in [9.17, 15) is 0 Å². The molecule has 1 aromatic carbocycles. The smallest absolute Gasteiger partial charge is 0.0986 e. The maximum atomic E-state index is 4.32. The van der Waals surface area contributed by atoms with Crippen LogP contribution < -0.4 is 0 Å². The van der Waals surface area contributed by atoms with Crippen molar-refractivity contribution < 1.29 is 0 Å². The molecule has 1 aromatic rings. The Kier molecular flexibility index (Phi) is 1.98. The molecule has 1 heterocycles. The molecule has 15 heavy (non-hydrogen) atoms. The predicted octanol–water partition coefficient (Wildman–Crippen LogP) is 3.58. The van der Waals surface area contributed by atoms with Gasteiger partial charge in [0.2, 0.25) is 0 Å². The van der Waals surface area contributed by atoms with E-state index in [-0.39, 0.29) is 0 Å². The highest BCUT2D eigenvalue weighted by atomic mass is 15.2. The van der Waals surface area contributed by atoms with Crippen LogP contribution >= 0.6 is 0 Å². The highest BCUT2D eigenvalue weighted by Gasteiger charge is 2.24. The summed E-state index contributed by atoms with van der Waals surface area (Å²) in [4.78, 5) is 0. The lowest BCUT2D eigenvalue weighted by Crippen LogP contribution is -2.06. The Morgan fingerprint density at radius 3 is 2.87 bits per heavy atom. The third-order valence-electron chi connectivity index (χ3n) is 2.88. The van der Waals surface area contributed by atoms with Gasteiger partial charge in [-0.15, -0.1) is 0 Å². The summed E-state index contributed by atoms with van der Waals surface area (Å²) in [5.74, 6) is 0. The van der Waals surface area contributed by atoms with Gasteiger partial charge in [-0.2, -0.15) is 10.2 Å². The number of hydrogen-bond acceptors (Lipinski definition) is 2. The lowest BCUT2D eigenvalue weighted by molar-refractivity contribution is 0.689. The van der Waals surface area contributed by atoms with Crippen molar-refractivity contribution in [1.82, 2.24) is 0 Å². The molecule has 2 nitrogen and oxygen atoms in total. The molecule has 0 saturated heterocycles. The molecule has 0 amide bonds. The van der Waals surface area contributed by atoms with E-state index in [0.29, 0.717) is 6.04 Å². The quantitative estimate of drug-likeness (QED) is 0.655. The highest BCUT2D eigenvalue weighted by Crippen LogP contribution is 2.34. The molecule has 0 saturated carbocycles. The molecule has 74 valence electrons. The monoisotopic (exact) mass is 196 g/mol. The van der Waals surface area contributed by atoms with E-state index in [4.69, 9.17) is 0 Å². The SMILES string of the molecule is C1=CC2=C(c3ccccc3)N=NC2CC1. The van der Waals surface area contributed by atoms with Gasteiger partial charge >= 0.3 is 0 Å². The van der Waals surface area contributed by atoms with Crippen molar-refractivity contribution in [3.63, 3.8) is 0 Å². The second-order valence-corrected chi connectivity index (χ2v) is 3.88. The van der Waals surface area contributed by atoms with Crippen LogP contribution in [0, 0.1) is 0 Å². The van der Waals surface area contributed by atoms with E-state index in [1.54, 1.807) is 0 Å². The van der Waals surface area contributed by atoms with Gasteiger partial charge in [0.1, 0.15) is 0 Å². The van der Waals surface area contributed by atoms with E-state index in [1.165, 1.54) is 11.1 Å². The average molecular weight is 196 g/mol. The van der Waals surface area contributed by atoms with Gasteiger partial charge in [-0.3, -0.25) is 0 Å². The summed E-state index contributed by atoms with van der Waals surface area (Å²) < 4.78 is 0. The van der Waals surface area contributed by atoms with Gasteiger partial charge in [-0.25, -0.2) is 0 Å². The topological polar surface area (TPSA) is 24.7 Å². The fourth-order valence-electron chi connectivity index (χ4n) is 2.09. The minimum atomic E-state index is 0.310. The van der Waals surface area contributed by atoms with Crippen LogP contribution in [0.15, 0.2) is 58.3 Å². The third-order valence-corrected chi connectivity index (χ3v) is 2.88. The minimum Gasteiger partial charge on any atom is -0.180 e. The van der Waals surface area contributed by atoms with Crippen LogP contribution in [0.1, 0.15) is 18.4 Å². The number of hydrogen-bond donors (Lipinski definition) is 0. The summed E-state index contributed by atoms with van der Waals surface area (Å²) in [5.41, 5.74) is 3.51. The second-order valence-electron chi connectivity index (χ2n) is 3.88. The zero-order valence-electron chi connectivity index (χ0n) is 8.43. The lowest BCUT2D eigenvalue weighted by Gasteiger charge is -2.12. The van der Waals surface area contributed by atoms with E-state index in [2.05, 4.69) is 34.5 Å². The van der Waals surface area contributed by atoms with Crippen LogP contribution in [0.3, 0.4) is 0 Å². The normalized spacial score (nSPS) is 23.3. The zero-order valence-corrected chi connectivity index (χ0v) is 8.43. The number of fused-ring (bicyclic) bond motifs is 1. The molecule has 1 aliphatic heterocycles. The van der Waals surface area contributed by atoms with Gasteiger partial charge < -0.3 is 0 Å². The van der Waals surface area contributed by atoms with Crippen LogP contribution in [0.5, 0.6) is 0 Å². The van der Waals surface area contributed by atoms with E-state index in [0.717, 1.165) is 18.5 Å². The average Bonchev–Trinajstić information content (AvgIpc) is 2.74. The molecule has 2 heteroatoms. The van der Waals surface area contributed by atoms with Crippen molar-refractivity contribution in [2.45, 2.75) is 18.9 Å². The van der Waals surface area contributed by atoms with Crippen molar-refractivity contribution in [3.05, 3.63) is 53.6 Å². The molecular weight excluding hydrogens is 184 g/mol. The number of nitrogens with zero attached hydrogens (tertiary/aromatic N) is 2. The van der Waals surface area contributed by atoms with Gasteiger partial charge in [0, 0.05) is 11.1 Å². The van der Waals surface area contributed by atoms with Gasteiger partial charge in [-0.05, 0) is 12.8 Å². The Labute approximate surface area is 89.0 Å². The summed E-state index contributed by atoms with van der Waals surface area (Å²) in [6.45, 7) is 0. The molecule has 2 aliphatic rings. The van der Waals surface area contributed by atoms with Crippen molar-refractivity contribution in [1.29, 1.82) is 0 Å². The molecule has 1 atom stereocenters. The molecule has 0 bridgehead atoms. The van der Waals surface area contributed by atoms with Gasteiger partial charge in [-0.1, -0.05) is 42.5 Å². The largest absolute Gasteiger partial charge is 0.180 e. The summed E-state index contributed by atoms with van der Waals surface area (Å²) in [6.07, 6.45) is 6.61. The Morgan fingerprint density at radius 1 is 1.13 bits per heavy atom. The first-order valence-electron chi connectivity index (χ1n) is 5.32. The number of azo groups is 1. The van der Waals surface area contributed by atoms with Crippen molar-refractivity contribution >= 4 is 5.70 Å². The molecule has 0 aromatic heterocycles. The first-order chi connectivity index (χ1) is 7.45. The van der Waals surface area contributed by atoms with Crippen molar-refractivity contribution in [2.75, 3.05) is 0 Å². The van der Waals surface area contributed by atoms with Crippen molar-refractivity contribution in [2.24, 2.45) is 10.2 Å². The molecule has 0 radical (unpaired) electrons. The molecule has 1 unspecified atom stereocenters. The number of allylic oxidation sites excluding steroid dienone is 1. The first-order valence-corrected chi connectivity index (χ1v) is 5.32. The van der Waals surface area contributed by atoms with Crippen LogP contribution in [-0.2, 0) is 0 Å². The Bertz CT molecular complexity index is 455. The Balaban J connectivity index is 2.09. The fraction of sp³-hybridized carbons (Fsp3) is 0.231. The maximum Gasteiger partial charge on any atom is 0.0986 e. The molecular formula is C13H12N2. The summed E-state index contributed by atoms with van der Waals surface area (Å²) >= 11 is 0. The standard InChI is InChI=1S/C13H12N2/c1-2-6-10(7-3-1)13-11-8-4-5-9-12(11)14-15-13/h1-4,6-8,12H,5,9H2. The molecule has 1 aliphatic carbocycles. The minimum absolute atomic E-state index is 0.310. The van der Waals surface area contributed by atoms with Crippen molar-refractivity contribution in [3.8, 4) is 0 Å². The lowest BCUT2D eigenvalue weighted by atomic mass is 9.94. The summed E-state index contributed by atoms with van der Waals surface area (Å²) in [5, 5.41) is 8.62. The van der Waals surface area contributed by atoms with Crippen LogP contribution in [0.25, 0.3) is 5.70 Å². The van der Waals surface area contributed by atoms with E-state index >= 15 is 0 Å². The zero-order chi connectivity index (χ0) is 10.1. The molecule has 0 fully saturated rings. The summed E-state index contributed by atoms with van der Waals surface area (Å²) in [7, 11) is 0. The predicted molar refractivity (Wildman–Crippen MR) is 60.4 cm³/mol. The van der Waals surface area contributed by atoms with Gasteiger partial charge in [0.25, 0.3) is 0 Å². The Morgan fingerprint density at radius 2 is 2.00 bits per heavy atom. The second kappa shape index (κ2) is 3.46. The van der Waals surface area contributed by atoms with Gasteiger partial charge in [0.15, 0.2) is 0 Å². The van der Waals surface area contributed by atoms with E-state index in [1.807, 2.05) is 18.2 Å². The highest BCUT2D eigenvalue weighted by molar-refractivity contribution is 5.72. The first kappa shape index (κ1) is 8.60. The Hall–Kier alpha value is -1.70. The third kappa shape index (κ3) is 1.42. The summed E-state index contributed by atoms with van der Waals surface area (Å²) in [6, 6.07) is 10.6. The van der Waals surface area contributed by atoms with Gasteiger partial charge in [0.05, 0.1) is 11.7 Å². The van der Waals surface area contributed by atoms with E-state index < -0.39 is 0 Å². The van der Waals surface area contributed by atoms with Crippen LogP contribution in [-0.4, -0.2) is 6.04 Å². The van der Waals surface area contributed by atoms with Crippen LogP contribution in [0.2, 0.25) is 0 Å².